The lowest BCUT2D eigenvalue weighted by Gasteiger charge is -2.31. The topological polar surface area (TPSA) is 78.5 Å². The highest BCUT2D eigenvalue weighted by molar-refractivity contribution is 6.30. The smallest absolute Gasteiger partial charge is 0.343 e. The Morgan fingerprint density at radius 3 is 2.25 bits per heavy atom. The van der Waals surface area contributed by atoms with Crippen molar-refractivity contribution >= 4 is 35.0 Å². The number of likely N-dealkylation sites (tertiary alicyclic amines) is 1. The van der Waals surface area contributed by atoms with E-state index in [2.05, 4.69) is 5.32 Å². The summed E-state index contributed by atoms with van der Waals surface area (Å²) in [5, 5.41) is 4.97. The van der Waals surface area contributed by atoms with E-state index in [9.17, 15) is 27.6 Å². The first kappa shape index (κ1) is 23.6. The summed E-state index contributed by atoms with van der Waals surface area (Å²) in [5.74, 6) is -1.82. The second kappa shape index (κ2) is 10.0. The molecule has 0 bridgehead atoms. The number of hydrogen-bond donors (Lipinski definition) is 2. The van der Waals surface area contributed by atoms with E-state index in [1.807, 2.05) is 0 Å². The van der Waals surface area contributed by atoms with Gasteiger partial charge in [-0.1, -0.05) is 23.7 Å². The normalized spacial score (nSPS) is 14.7. The molecule has 1 aliphatic rings. The van der Waals surface area contributed by atoms with Gasteiger partial charge in [0.1, 0.15) is 6.54 Å². The number of alkyl halides is 3. The third kappa shape index (κ3) is 6.23. The molecule has 1 saturated heterocycles. The van der Waals surface area contributed by atoms with Gasteiger partial charge in [0.25, 0.3) is 11.8 Å². The van der Waals surface area contributed by atoms with Crippen LogP contribution in [0.2, 0.25) is 5.02 Å². The second-order valence-electron chi connectivity index (χ2n) is 7.41. The van der Waals surface area contributed by atoms with Crippen molar-refractivity contribution in [2.24, 2.45) is 5.92 Å². The second-order valence-corrected chi connectivity index (χ2v) is 7.84. The quantitative estimate of drug-likeness (QED) is 0.694. The van der Waals surface area contributed by atoms with Gasteiger partial charge in [0.2, 0.25) is 5.91 Å². The van der Waals surface area contributed by atoms with Gasteiger partial charge in [-0.05, 0) is 49.2 Å². The maximum atomic E-state index is 12.7. The van der Waals surface area contributed by atoms with Gasteiger partial charge < -0.3 is 15.5 Å². The minimum absolute atomic E-state index is 0.0551. The molecule has 2 aromatic carbocycles. The minimum Gasteiger partial charge on any atom is -0.343 e. The number of halogens is 4. The number of para-hydroxylation sites is 1. The molecule has 2 aromatic rings. The number of nitrogens with one attached hydrogen (secondary N) is 2. The number of rotatable bonds is 5. The van der Waals surface area contributed by atoms with Crippen molar-refractivity contribution in [3.8, 4) is 0 Å². The summed E-state index contributed by atoms with van der Waals surface area (Å²) >= 11 is 5.85. The molecule has 0 radical (unpaired) electrons. The first-order chi connectivity index (χ1) is 15.1. The predicted molar refractivity (Wildman–Crippen MR) is 114 cm³/mol. The van der Waals surface area contributed by atoms with Crippen LogP contribution in [0, 0.1) is 5.92 Å². The van der Waals surface area contributed by atoms with Crippen molar-refractivity contribution in [3.05, 3.63) is 64.7 Å². The fourth-order valence-corrected chi connectivity index (χ4v) is 3.55. The Labute approximate surface area is 187 Å². The molecule has 0 unspecified atom stereocenters. The molecule has 0 atom stereocenters. The third-order valence-electron chi connectivity index (χ3n) is 5.12. The van der Waals surface area contributed by atoms with E-state index in [0.717, 1.165) is 0 Å². The van der Waals surface area contributed by atoms with Gasteiger partial charge in [-0.2, -0.15) is 13.2 Å². The van der Waals surface area contributed by atoms with Gasteiger partial charge in [0, 0.05) is 29.6 Å². The van der Waals surface area contributed by atoms with Crippen LogP contribution in [0.4, 0.5) is 18.9 Å². The van der Waals surface area contributed by atoms with Crippen LogP contribution in [0.25, 0.3) is 0 Å². The van der Waals surface area contributed by atoms with Crippen molar-refractivity contribution in [3.63, 3.8) is 0 Å². The lowest BCUT2D eigenvalue weighted by Crippen LogP contribution is -2.41. The molecule has 1 aliphatic heterocycles. The van der Waals surface area contributed by atoms with Crippen LogP contribution in [-0.2, 0) is 4.79 Å². The number of carbonyl (C=O) groups excluding carboxylic acids is 3. The van der Waals surface area contributed by atoms with Crippen molar-refractivity contribution in [1.82, 2.24) is 10.2 Å². The Bertz CT molecular complexity index is 988. The van der Waals surface area contributed by atoms with E-state index >= 15 is 0 Å². The number of anilines is 1. The fraction of sp³-hybridized carbons (Fsp3) is 0.318. The summed E-state index contributed by atoms with van der Waals surface area (Å²) in [6.45, 7) is -0.700. The minimum atomic E-state index is -4.54. The van der Waals surface area contributed by atoms with Crippen molar-refractivity contribution in [2.75, 3.05) is 25.0 Å². The SMILES string of the molecule is O=C(NCC(F)(F)F)c1ccccc1NC(=O)C1CCN(C(=O)c2ccc(Cl)cc2)CC1. The largest absolute Gasteiger partial charge is 0.405 e. The monoisotopic (exact) mass is 467 g/mol. The zero-order chi connectivity index (χ0) is 23.3. The van der Waals surface area contributed by atoms with Crippen LogP contribution in [-0.4, -0.2) is 48.4 Å². The number of hydrogen-bond acceptors (Lipinski definition) is 3. The molecule has 170 valence electrons. The maximum absolute atomic E-state index is 12.7. The predicted octanol–water partition coefficient (Wildman–Crippen LogP) is 4.12. The van der Waals surface area contributed by atoms with Crippen LogP contribution in [0.3, 0.4) is 0 Å². The van der Waals surface area contributed by atoms with Crippen LogP contribution < -0.4 is 10.6 Å². The van der Waals surface area contributed by atoms with E-state index in [1.54, 1.807) is 40.5 Å². The van der Waals surface area contributed by atoms with E-state index < -0.39 is 24.5 Å². The van der Waals surface area contributed by atoms with Crippen LogP contribution in [0.15, 0.2) is 48.5 Å². The van der Waals surface area contributed by atoms with E-state index in [4.69, 9.17) is 11.6 Å². The molecule has 1 heterocycles. The van der Waals surface area contributed by atoms with Crippen molar-refractivity contribution in [1.29, 1.82) is 0 Å². The molecule has 3 amide bonds. The van der Waals surface area contributed by atoms with E-state index in [0.29, 0.717) is 36.5 Å². The van der Waals surface area contributed by atoms with E-state index in [-0.39, 0.29) is 23.1 Å². The Balaban J connectivity index is 1.58. The Kier molecular flexibility index (Phi) is 7.40. The van der Waals surface area contributed by atoms with Gasteiger partial charge in [-0.3, -0.25) is 14.4 Å². The van der Waals surface area contributed by atoms with Crippen LogP contribution in [0.1, 0.15) is 33.6 Å². The molecule has 0 aromatic heterocycles. The van der Waals surface area contributed by atoms with Crippen molar-refractivity contribution in [2.45, 2.75) is 19.0 Å². The highest BCUT2D eigenvalue weighted by atomic mass is 35.5. The van der Waals surface area contributed by atoms with Gasteiger partial charge in [0.05, 0.1) is 11.3 Å². The molecule has 0 saturated carbocycles. The molecular weight excluding hydrogens is 447 g/mol. The molecule has 0 aliphatic carbocycles. The summed E-state index contributed by atoms with van der Waals surface area (Å²) in [6.07, 6.45) is -3.69. The molecule has 0 spiro atoms. The number of amides is 3. The molecule has 3 rings (SSSR count). The maximum Gasteiger partial charge on any atom is 0.405 e. The lowest BCUT2D eigenvalue weighted by atomic mass is 9.95. The zero-order valence-electron chi connectivity index (χ0n) is 16.9. The van der Waals surface area contributed by atoms with E-state index in [1.165, 1.54) is 18.2 Å². The lowest BCUT2D eigenvalue weighted by molar-refractivity contribution is -0.123. The Morgan fingerprint density at radius 1 is 1.00 bits per heavy atom. The van der Waals surface area contributed by atoms with Crippen molar-refractivity contribution < 1.29 is 27.6 Å². The molecule has 1 fully saturated rings. The summed E-state index contributed by atoms with van der Waals surface area (Å²) in [4.78, 5) is 39.1. The number of nitrogens with zero attached hydrogens (tertiary/aromatic N) is 1. The summed E-state index contributed by atoms with van der Waals surface area (Å²) in [5.41, 5.74) is 0.591. The average Bonchev–Trinajstić information content (AvgIpc) is 2.77. The first-order valence-electron chi connectivity index (χ1n) is 9.94. The number of carbonyl (C=O) groups is 3. The number of benzene rings is 2. The summed E-state index contributed by atoms with van der Waals surface area (Å²) in [6, 6.07) is 12.4. The van der Waals surface area contributed by atoms with Gasteiger partial charge in [-0.15, -0.1) is 0 Å². The number of piperidine rings is 1. The fourth-order valence-electron chi connectivity index (χ4n) is 3.42. The molecular formula is C22H21ClF3N3O3. The van der Waals surface area contributed by atoms with Crippen LogP contribution in [0.5, 0.6) is 0 Å². The molecule has 2 N–H and O–H groups in total. The van der Waals surface area contributed by atoms with Gasteiger partial charge in [0.15, 0.2) is 0 Å². The third-order valence-corrected chi connectivity index (χ3v) is 5.38. The van der Waals surface area contributed by atoms with Gasteiger partial charge in [-0.25, -0.2) is 0 Å². The molecule has 10 heteroatoms. The summed E-state index contributed by atoms with van der Waals surface area (Å²) in [7, 11) is 0. The standard InChI is InChI=1S/C22H21ClF3N3O3/c23-16-7-5-15(6-8-16)21(32)29-11-9-14(10-12-29)19(30)28-18-4-2-1-3-17(18)20(31)27-13-22(24,25)26/h1-8,14H,9-13H2,(H,27,31)(H,28,30). The Hall–Kier alpha value is -3.07. The molecule has 6 nitrogen and oxygen atoms in total. The average molecular weight is 468 g/mol. The highest BCUT2D eigenvalue weighted by Gasteiger charge is 2.30. The Morgan fingerprint density at radius 2 is 1.62 bits per heavy atom. The zero-order valence-corrected chi connectivity index (χ0v) is 17.7. The highest BCUT2D eigenvalue weighted by Crippen LogP contribution is 2.23. The first-order valence-corrected chi connectivity index (χ1v) is 10.3. The molecule has 32 heavy (non-hydrogen) atoms. The van der Waals surface area contributed by atoms with Crippen LogP contribution >= 0.6 is 11.6 Å². The summed E-state index contributed by atoms with van der Waals surface area (Å²) < 4.78 is 37.1. The van der Waals surface area contributed by atoms with Gasteiger partial charge >= 0.3 is 6.18 Å².